The van der Waals surface area contributed by atoms with E-state index in [0.29, 0.717) is 12.8 Å². The van der Waals surface area contributed by atoms with Gasteiger partial charge in [-0.2, -0.15) is 0 Å². The third-order valence-electron chi connectivity index (χ3n) is 5.50. The summed E-state index contributed by atoms with van der Waals surface area (Å²) in [4.78, 5) is 12.8. The maximum Gasteiger partial charge on any atom is 0.166 e. The van der Waals surface area contributed by atoms with Gasteiger partial charge < -0.3 is 0 Å². The van der Waals surface area contributed by atoms with Gasteiger partial charge in [-0.15, -0.1) is 0 Å². The van der Waals surface area contributed by atoms with Crippen LogP contribution in [-0.2, 0) is 16.3 Å². The van der Waals surface area contributed by atoms with E-state index in [1.807, 2.05) is 24.3 Å². The van der Waals surface area contributed by atoms with Gasteiger partial charge in [0.1, 0.15) is 0 Å². The molecule has 126 valence electrons. The van der Waals surface area contributed by atoms with Crippen molar-refractivity contribution in [3.05, 3.63) is 35.4 Å². The highest BCUT2D eigenvalue weighted by atomic mass is 32.2. The zero-order valence-electron chi connectivity index (χ0n) is 13.8. The first-order chi connectivity index (χ1) is 11.0. The Labute approximate surface area is 139 Å². The number of ketones is 1. The largest absolute Gasteiger partial charge is 0.294 e. The normalized spacial score (nSPS) is 29.2. The van der Waals surface area contributed by atoms with E-state index in [-0.39, 0.29) is 22.2 Å². The van der Waals surface area contributed by atoms with E-state index in [4.69, 9.17) is 0 Å². The molecular weight excluding hydrogens is 308 g/mol. The van der Waals surface area contributed by atoms with Crippen LogP contribution >= 0.6 is 0 Å². The number of fused-ring (bicyclic) bond motifs is 2. The number of hydrogen-bond donors (Lipinski definition) is 0. The first-order valence-electron chi connectivity index (χ1n) is 8.88. The predicted octanol–water partition coefficient (Wildman–Crippen LogP) is 3.96. The molecule has 0 aromatic heterocycles. The first kappa shape index (κ1) is 16.7. The number of aryl methyl sites for hydroxylation is 1. The molecule has 2 aliphatic rings. The summed E-state index contributed by atoms with van der Waals surface area (Å²) in [5.74, 6) is 0.0224. The Balaban J connectivity index is 1.71. The molecule has 2 saturated heterocycles. The second-order valence-electron chi connectivity index (χ2n) is 7.10. The highest BCUT2D eigenvalue weighted by molar-refractivity contribution is 7.92. The van der Waals surface area contributed by atoms with Crippen molar-refractivity contribution in [2.75, 3.05) is 0 Å². The summed E-state index contributed by atoms with van der Waals surface area (Å²) in [6, 6.07) is 7.94. The lowest BCUT2D eigenvalue weighted by Crippen LogP contribution is -2.45. The number of unbranched alkanes of at least 4 members (excludes halogenated alkanes) is 1. The van der Waals surface area contributed by atoms with Gasteiger partial charge in [0, 0.05) is 11.5 Å². The first-order valence-corrected chi connectivity index (χ1v) is 10.5. The van der Waals surface area contributed by atoms with Crippen LogP contribution in [0, 0.1) is 5.92 Å². The fourth-order valence-electron chi connectivity index (χ4n) is 4.08. The van der Waals surface area contributed by atoms with Crippen molar-refractivity contribution >= 4 is 15.6 Å². The average molecular weight is 334 g/mol. The van der Waals surface area contributed by atoms with Gasteiger partial charge in [-0.3, -0.25) is 4.79 Å². The number of hydrogen-bond acceptors (Lipinski definition) is 3. The zero-order chi connectivity index (χ0) is 16.4. The maximum atomic E-state index is 12.8. The molecule has 1 aromatic rings. The van der Waals surface area contributed by atoms with Crippen LogP contribution in [-0.4, -0.2) is 24.7 Å². The van der Waals surface area contributed by atoms with Gasteiger partial charge in [0.05, 0.1) is 10.5 Å². The van der Waals surface area contributed by atoms with Crippen LogP contribution in [0.4, 0.5) is 0 Å². The number of benzene rings is 1. The van der Waals surface area contributed by atoms with Crippen molar-refractivity contribution in [3.8, 4) is 0 Å². The number of rotatable bonds is 5. The van der Waals surface area contributed by atoms with Crippen molar-refractivity contribution in [2.24, 2.45) is 5.92 Å². The standard InChI is InChI=1S/C19H26O3S/c1-2-3-5-14-8-10-15(11-9-14)19(20)16-12-17-6-4-7-18(13-16)23(17,21)22/h8-11,16-18H,2-7,12-13H2,1H3. The molecule has 2 fully saturated rings. The minimum absolute atomic E-state index is 0.115. The van der Waals surface area contributed by atoms with Crippen LogP contribution in [0.2, 0.25) is 0 Å². The Hall–Kier alpha value is -1.16. The molecule has 2 heterocycles. The van der Waals surface area contributed by atoms with E-state index < -0.39 is 9.84 Å². The molecule has 1 aromatic carbocycles. The molecular formula is C19H26O3S. The molecule has 0 amide bonds. The summed E-state index contributed by atoms with van der Waals surface area (Å²) in [6.07, 6.45) is 6.89. The van der Waals surface area contributed by atoms with Crippen molar-refractivity contribution in [1.29, 1.82) is 0 Å². The monoisotopic (exact) mass is 334 g/mol. The number of Topliss-reactive ketones (excluding diaryl/α,β-unsaturated/α-hetero) is 1. The van der Waals surface area contributed by atoms with E-state index in [2.05, 4.69) is 6.92 Å². The molecule has 4 heteroatoms. The lowest BCUT2D eigenvalue weighted by atomic mass is 9.84. The van der Waals surface area contributed by atoms with E-state index >= 15 is 0 Å². The van der Waals surface area contributed by atoms with Crippen LogP contribution in [0.25, 0.3) is 0 Å². The summed E-state index contributed by atoms with van der Waals surface area (Å²) in [5.41, 5.74) is 2.01. The minimum atomic E-state index is -2.98. The van der Waals surface area contributed by atoms with Gasteiger partial charge >= 0.3 is 0 Å². The molecule has 0 radical (unpaired) electrons. The summed E-state index contributed by atoms with van der Waals surface area (Å²) in [7, 11) is -2.98. The van der Waals surface area contributed by atoms with Crippen LogP contribution in [0.15, 0.2) is 24.3 Å². The molecule has 0 aliphatic carbocycles. The van der Waals surface area contributed by atoms with E-state index in [0.717, 1.165) is 37.7 Å². The van der Waals surface area contributed by atoms with Gasteiger partial charge in [-0.25, -0.2) is 8.42 Å². The summed E-state index contributed by atoms with van der Waals surface area (Å²) in [5, 5.41) is -0.569. The van der Waals surface area contributed by atoms with Gasteiger partial charge in [0.2, 0.25) is 0 Å². The van der Waals surface area contributed by atoms with Crippen LogP contribution in [0.1, 0.15) is 67.8 Å². The van der Waals surface area contributed by atoms with Crippen LogP contribution < -0.4 is 0 Å². The van der Waals surface area contributed by atoms with Gasteiger partial charge in [-0.1, -0.05) is 44.0 Å². The van der Waals surface area contributed by atoms with Crippen LogP contribution in [0.5, 0.6) is 0 Å². The Morgan fingerprint density at radius 1 is 1.09 bits per heavy atom. The van der Waals surface area contributed by atoms with E-state index in [1.54, 1.807) is 0 Å². The summed E-state index contributed by atoms with van der Waals surface area (Å²) < 4.78 is 24.7. The van der Waals surface area contributed by atoms with Crippen molar-refractivity contribution in [1.82, 2.24) is 0 Å². The minimum Gasteiger partial charge on any atom is -0.294 e. The summed E-state index contributed by atoms with van der Waals surface area (Å²) >= 11 is 0. The lowest BCUT2D eigenvalue weighted by molar-refractivity contribution is 0.0894. The highest BCUT2D eigenvalue weighted by Crippen LogP contribution is 2.40. The quantitative estimate of drug-likeness (QED) is 0.766. The smallest absolute Gasteiger partial charge is 0.166 e. The lowest BCUT2D eigenvalue weighted by Gasteiger charge is -2.38. The average Bonchev–Trinajstić information content (AvgIpc) is 2.52. The Bertz CT molecular complexity index is 640. The third-order valence-corrected chi connectivity index (χ3v) is 8.22. The van der Waals surface area contributed by atoms with Crippen LogP contribution in [0.3, 0.4) is 0 Å². The van der Waals surface area contributed by atoms with Gasteiger partial charge in [0.25, 0.3) is 0 Å². The highest BCUT2D eigenvalue weighted by Gasteiger charge is 2.45. The van der Waals surface area contributed by atoms with Crippen molar-refractivity contribution in [2.45, 2.75) is 68.8 Å². The van der Waals surface area contributed by atoms with E-state index in [9.17, 15) is 13.2 Å². The maximum absolute atomic E-state index is 12.8. The predicted molar refractivity (Wildman–Crippen MR) is 92.5 cm³/mol. The van der Waals surface area contributed by atoms with Gasteiger partial charge in [-0.05, 0) is 44.1 Å². The fraction of sp³-hybridized carbons (Fsp3) is 0.632. The number of sulfone groups is 1. The number of carbonyl (C=O) groups excluding carboxylic acids is 1. The molecule has 2 unspecified atom stereocenters. The SMILES string of the molecule is CCCCc1ccc(C(=O)C2CC3CCCC(C2)S3(=O)=O)cc1. The topological polar surface area (TPSA) is 51.2 Å². The Kier molecular flexibility index (Phi) is 4.90. The molecule has 3 nitrogen and oxygen atoms in total. The van der Waals surface area contributed by atoms with Crippen molar-refractivity contribution < 1.29 is 13.2 Å². The molecule has 0 spiro atoms. The number of carbonyl (C=O) groups is 1. The second kappa shape index (κ2) is 6.76. The zero-order valence-corrected chi connectivity index (χ0v) is 14.6. The summed E-state index contributed by atoms with van der Waals surface area (Å²) in [6.45, 7) is 2.17. The molecule has 23 heavy (non-hydrogen) atoms. The second-order valence-corrected chi connectivity index (χ2v) is 9.61. The van der Waals surface area contributed by atoms with E-state index in [1.165, 1.54) is 12.0 Å². The molecule has 0 N–H and O–H groups in total. The molecule has 2 bridgehead atoms. The molecule has 2 aliphatic heterocycles. The fourth-order valence-corrected chi connectivity index (χ4v) is 6.61. The van der Waals surface area contributed by atoms with Gasteiger partial charge in [0.15, 0.2) is 15.6 Å². The Morgan fingerprint density at radius 3 is 2.26 bits per heavy atom. The molecule has 2 atom stereocenters. The van der Waals surface area contributed by atoms with Crippen molar-refractivity contribution in [3.63, 3.8) is 0 Å². The Morgan fingerprint density at radius 2 is 1.70 bits per heavy atom. The third kappa shape index (κ3) is 3.37. The molecule has 3 rings (SSSR count). The molecule has 0 saturated carbocycles.